The van der Waals surface area contributed by atoms with Crippen LogP contribution >= 0.6 is 0 Å². The number of hydrogen-bond acceptors (Lipinski definition) is 3. The van der Waals surface area contributed by atoms with Gasteiger partial charge < -0.3 is 4.98 Å². The van der Waals surface area contributed by atoms with Crippen molar-refractivity contribution in [2.75, 3.05) is 0 Å². The van der Waals surface area contributed by atoms with E-state index >= 15 is 0 Å². The number of rotatable bonds is 3. The van der Waals surface area contributed by atoms with Gasteiger partial charge in [0.1, 0.15) is 11.3 Å². The third-order valence-electron chi connectivity index (χ3n) is 2.83. The summed E-state index contributed by atoms with van der Waals surface area (Å²) in [5, 5.41) is 0. The van der Waals surface area contributed by atoms with Gasteiger partial charge >= 0.3 is 5.69 Å². The monoisotopic (exact) mass is 264 g/mol. The van der Waals surface area contributed by atoms with E-state index in [9.17, 15) is 9.59 Å². The van der Waals surface area contributed by atoms with Gasteiger partial charge in [-0.3, -0.25) is 14.3 Å². The van der Waals surface area contributed by atoms with Crippen LogP contribution in [0.2, 0.25) is 0 Å². The topological polar surface area (TPSA) is 83.5 Å². The largest absolute Gasteiger partial charge is 0.336 e. The Labute approximate surface area is 110 Å². The van der Waals surface area contributed by atoms with E-state index in [0.717, 1.165) is 18.7 Å². The molecule has 2 N–H and O–H groups in total. The molecule has 2 rings (SSSR count). The molecule has 6 nitrogen and oxygen atoms in total. The normalized spacial score (nSPS) is 12.2. The number of hydrogen-bond donors (Lipinski definition) is 2. The second-order valence-corrected chi connectivity index (χ2v) is 6.03. The van der Waals surface area contributed by atoms with Crippen molar-refractivity contribution in [3.05, 3.63) is 26.7 Å². The Kier molecular flexibility index (Phi) is 3.34. The second-order valence-electron chi connectivity index (χ2n) is 6.03. The summed E-state index contributed by atoms with van der Waals surface area (Å²) in [4.78, 5) is 33.4. The Balaban J connectivity index is 2.64. The average molecular weight is 264 g/mol. The lowest BCUT2D eigenvalue weighted by Gasteiger charge is -2.15. The molecule has 104 valence electrons. The third-order valence-corrected chi connectivity index (χ3v) is 2.83. The van der Waals surface area contributed by atoms with E-state index in [1.54, 1.807) is 0 Å². The highest BCUT2D eigenvalue weighted by atomic mass is 16.2. The number of fused-ring (bicyclic) bond motifs is 1. The molecule has 0 aromatic carbocycles. The lowest BCUT2D eigenvalue weighted by molar-refractivity contribution is 0.402. The van der Waals surface area contributed by atoms with Crippen LogP contribution < -0.4 is 11.2 Å². The molecule has 0 aliphatic carbocycles. The molecule has 0 atom stereocenters. The molecule has 0 unspecified atom stereocenters. The maximum Gasteiger partial charge on any atom is 0.330 e. The van der Waals surface area contributed by atoms with Gasteiger partial charge in [-0.15, -0.1) is 0 Å². The fourth-order valence-corrected chi connectivity index (χ4v) is 2.11. The molecular weight excluding hydrogens is 244 g/mol. The predicted molar refractivity (Wildman–Crippen MR) is 74.4 cm³/mol. The van der Waals surface area contributed by atoms with Gasteiger partial charge in [0, 0.05) is 13.0 Å². The maximum absolute atomic E-state index is 11.8. The quantitative estimate of drug-likeness (QED) is 0.879. The summed E-state index contributed by atoms with van der Waals surface area (Å²) in [6.45, 7) is 8.83. The molecule has 0 aliphatic rings. The van der Waals surface area contributed by atoms with Crippen LogP contribution in [0, 0.1) is 5.41 Å². The number of aromatic nitrogens is 4. The van der Waals surface area contributed by atoms with Crippen LogP contribution in [0.4, 0.5) is 0 Å². The van der Waals surface area contributed by atoms with Gasteiger partial charge in [-0.1, -0.05) is 27.7 Å². The van der Waals surface area contributed by atoms with E-state index in [-0.39, 0.29) is 5.41 Å². The molecule has 0 amide bonds. The molecule has 6 heteroatoms. The van der Waals surface area contributed by atoms with Gasteiger partial charge in [0.15, 0.2) is 5.65 Å². The SMILES string of the molecule is CCCn1c(=O)[nH]c(=O)c2[nH]c(CC(C)(C)C)nc21. The van der Waals surface area contributed by atoms with Gasteiger partial charge in [-0.25, -0.2) is 9.78 Å². The van der Waals surface area contributed by atoms with E-state index in [4.69, 9.17) is 0 Å². The zero-order chi connectivity index (χ0) is 14.2. The lowest BCUT2D eigenvalue weighted by Crippen LogP contribution is -2.30. The van der Waals surface area contributed by atoms with E-state index in [2.05, 4.69) is 35.7 Å². The second kappa shape index (κ2) is 4.68. The highest BCUT2D eigenvalue weighted by molar-refractivity contribution is 5.69. The molecule has 2 heterocycles. The van der Waals surface area contributed by atoms with E-state index in [1.165, 1.54) is 4.57 Å². The number of nitrogens with one attached hydrogen (secondary N) is 2. The molecule has 2 aromatic heterocycles. The van der Waals surface area contributed by atoms with Crippen LogP contribution in [-0.4, -0.2) is 19.5 Å². The smallest absolute Gasteiger partial charge is 0.330 e. The van der Waals surface area contributed by atoms with Gasteiger partial charge in [0.2, 0.25) is 0 Å². The van der Waals surface area contributed by atoms with Crippen molar-refractivity contribution in [3.8, 4) is 0 Å². The number of aromatic amines is 2. The first-order valence-electron chi connectivity index (χ1n) is 6.53. The minimum absolute atomic E-state index is 0.0660. The van der Waals surface area contributed by atoms with E-state index in [0.29, 0.717) is 17.7 Å². The van der Waals surface area contributed by atoms with Crippen LogP contribution in [-0.2, 0) is 13.0 Å². The number of nitrogens with zero attached hydrogens (tertiary/aromatic N) is 2. The van der Waals surface area contributed by atoms with Crippen LogP contribution in [0.1, 0.15) is 39.9 Å². The van der Waals surface area contributed by atoms with Crippen molar-refractivity contribution < 1.29 is 0 Å². The molecule has 0 saturated heterocycles. The molecule has 0 radical (unpaired) electrons. The number of aryl methyl sites for hydroxylation is 1. The third kappa shape index (κ3) is 2.77. The lowest BCUT2D eigenvalue weighted by atomic mass is 9.92. The zero-order valence-electron chi connectivity index (χ0n) is 11.8. The maximum atomic E-state index is 11.8. The van der Waals surface area contributed by atoms with Crippen LogP contribution in [0.25, 0.3) is 11.2 Å². The molecule has 0 bridgehead atoms. The van der Waals surface area contributed by atoms with Gasteiger partial charge in [0.25, 0.3) is 5.56 Å². The zero-order valence-corrected chi connectivity index (χ0v) is 11.8. The first-order valence-corrected chi connectivity index (χ1v) is 6.53. The van der Waals surface area contributed by atoms with Crippen molar-refractivity contribution in [1.29, 1.82) is 0 Å². The fourth-order valence-electron chi connectivity index (χ4n) is 2.11. The summed E-state index contributed by atoms with van der Waals surface area (Å²) in [6.07, 6.45) is 1.53. The Bertz CT molecular complexity index is 700. The van der Waals surface area contributed by atoms with E-state index < -0.39 is 11.2 Å². The first kappa shape index (κ1) is 13.6. The fraction of sp³-hybridized carbons (Fsp3) is 0.615. The summed E-state index contributed by atoms with van der Waals surface area (Å²) in [7, 11) is 0. The Morgan fingerprint density at radius 1 is 1.21 bits per heavy atom. The predicted octanol–water partition coefficient (Wildman–Crippen LogP) is 1.41. The minimum Gasteiger partial charge on any atom is -0.336 e. The molecule has 0 fully saturated rings. The van der Waals surface area contributed by atoms with Crippen LogP contribution in [0.3, 0.4) is 0 Å². The summed E-state index contributed by atoms with van der Waals surface area (Å²) in [5.74, 6) is 0.739. The molecule has 0 aliphatic heterocycles. The summed E-state index contributed by atoms with van der Waals surface area (Å²) >= 11 is 0. The number of H-pyrrole nitrogens is 2. The highest BCUT2D eigenvalue weighted by Crippen LogP contribution is 2.19. The Morgan fingerprint density at radius 2 is 1.89 bits per heavy atom. The molecule has 0 spiro atoms. The van der Waals surface area contributed by atoms with Crippen molar-refractivity contribution in [2.24, 2.45) is 5.41 Å². The van der Waals surface area contributed by atoms with Gasteiger partial charge in [-0.05, 0) is 11.8 Å². The summed E-state index contributed by atoms with van der Waals surface area (Å²) < 4.78 is 1.51. The average Bonchev–Trinajstić information content (AvgIpc) is 2.65. The summed E-state index contributed by atoms with van der Waals surface area (Å²) in [6, 6.07) is 0. The van der Waals surface area contributed by atoms with E-state index in [1.807, 2.05) is 6.92 Å². The summed E-state index contributed by atoms with van der Waals surface area (Å²) in [5.41, 5.74) is 0.103. The van der Waals surface area contributed by atoms with Crippen molar-refractivity contribution in [3.63, 3.8) is 0 Å². The van der Waals surface area contributed by atoms with Gasteiger partial charge in [0.05, 0.1) is 0 Å². The van der Waals surface area contributed by atoms with Crippen LogP contribution in [0.5, 0.6) is 0 Å². The number of imidazole rings is 1. The van der Waals surface area contributed by atoms with Crippen molar-refractivity contribution in [1.82, 2.24) is 19.5 Å². The standard InChI is InChI=1S/C13H20N4O2/c1-5-6-17-10-9(11(18)16-12(17)19)14-8(15-10)7-13(2,3)4/h5-7H2,1-4H3,(H,14,15)(H,16,18,19). The molecule has 0 saturated carbocycles. The Morgan fingerprint density at radius 3 is 2.47 bits per heavy atom. The minimum atomic E-state index is -0.403. The molecule has 2 aromatic rings. The molecular formula is C13H20N4O2. The molecule has 19 heavy (non-hydrogen) atoms. The first-order chi connectivity index (χ1) is 8.81. The highest BCUT2D eigenvalue weighted by Gasteiger charge is 2.17. The van der Waals surface area contributed by atoms with Gasteiger partial charge in [-0.2, -0.15) is 0 Å². The van der Waals surface area contributed by atoms with Crippen LogP contribution in [0.15, 0.2) is 9.59 Å². The Hall–Kier alpha value is -1.85. The van der Waals surface area contributed by atoms with Crippen molar-refractivity contribution in [2.45, 2.75) is 47.1 Å². The van der Waals surface area contributed by atoms with Crippen molar-refractivity contribution >= 4 is 11.2 Å².